The third-order valence-corrected chi connectivity index (χ3v) is 4.71. The summed E-state index contributed by atoms with van der Waals surface area (Å²) in [6.07, 6.45) is 34.2. The molecule has 0 rings (SSSR count). The molecule has 0 bridgehead atoms. The summed E-state index contributed by atoms with van der Waals surface area (Å²) in [6, 6.07) is -0.825. The van der Waals surface area contributed by atoms with Gasteiger partial charge in [-0.1, -0.05) is 79.8 Å². The predicted molar refractivity (Wildman–Crippen MR) is 140 cm³/mol. The first-order chi connectivity index (χ1) is 16.1. The summed E-state index contributed by atoms with van der Waals surface area (Å²) in [6.45, 7) is 2.67. The van der Waals surface area contributed by atoms with Crippen LogP contribution in [0, 0.1) is 0 Å². The number of carbonyl (C=O) groups excluding carboxylic acids is 1. The van der Waals surface area contributed by atoms with E-state index < -0.39 is 12.0 Å². The molecule has 1 amide bonds. The number of rotatable bonds is 20. The highest BCUT2D eigenvalue weighted by atomic mass is 16.4. The van der Waals surface area contributed by atoms with Crippen molar-refractivity contribution in [3.8, 4) is 0 Å². The second-order valence-electron chi connectivity index (χ2n) is 7.70. The molecule has 0 radical (unpaired) electrons. The van der Waals surface area contributed by atoms with Crippen LogP contribution < -0.4 is 11.1 Å². The van der Waals surface area contributed by atoms with Gasteiger partial charge < -0.3 is 16.2 Å². The average molecular weight is 457 g/mol. The van der Waals surface area contributed by atoms with Crippen molar-refractivity contribution >= 4 is 11.9 Å². The van der Waals surface area contributed by atoms with Crippen molar-refractivity contribution in [1.82, 2.24) is 5.32 Å². The fourth-order valence-electron chi connectivity index (χ4n) is 2.87. The molecular formula is C28H44N2O3. The third kappa shape index (κ3) is 22.3. The quantitative estimate of drug-likeness (QED) is 0.151. The van der Waals surface area contributed by atoms with Gasteiger partial charge in [-0.3, -0.25) is 4.79 Å². The van der Waals surface area contributed by atoms with Gasteiger partial charge in [0.15, 0.2) is 0 Å². The number of nitrogens with two attached hydrogens (primary N) is 1. The first-order valence-electron chi connectivity index (χ1n) is 12.2. The number of unbranched alkanes of at least 4 members (excludes halogenated alkanes) is 1. The molecule has 4 N–H and O–H groups in total. The van der Waals surface area contributed by atoms with Crippen molar-refractivity contribution in [1.29, 1.82) is 0 Å². The standard InChI is InChI=1S/C28H44N2O3/c1-2-3-4-5-6-7-8-9-10-11-12-13-14-15-16-17-18-19-20-24-27(31)30-26(28(32)33)23-21-22-25-29/h3-4,6-7,9-10,12-13,15-16,18-19,26H,2,5,8,11,14,17,20-25,29H2,1H3,(H,30,31)(H,32,33). The van der Waals surface area contributed by atoms with E-state index in [-0.39, 0.29) is 5.91 Å². The zero-order valence-corrected chi connectivity index (χ0v) is 20.3. The fraction of sp³-hybridized carbons (Fsp3) is 0.500. The lowest BCUT2D eigenvalue weighted by molar-refractivity contribution is -0.142. The number of nitrogens with one attached hydrogen (secondary N) is 1. The smallest absolute Gasteiger partial charge is 0.326 e. The summed E-state index contributed by atoms with van der Waals surface area (Å²) in [5.74, 6) is -1.22. The zero-order valence-electron chi connectivity index (χ0n) is 20.3. The first-order valence-corrected chi connectivity index (χ1v) is 12.2. The molecule has 33 heavy (non-hydrogen) atoms. The summed E-state index contributed by atoms with van der Waals surface area (Å²) in [5.41, 5.74) is 5.42. The molecule has 0 heterocycles. The summed E-state index contributed by atoms with van der Waals surface area (Å²) >= 11 is 0. The Labute approximate surface area is 200 Å². The van der Waals surface area contributed by atoms with Gasteiger partial charge in [-0.2, -0.15) is 0 Å². The Morgan fingerprint density at radius 1 is 0.758 bits per heavy atom. The van der Waals surface area contributed by atoms with Crippen LogP contribution in [0.4, 0.5) is 0 Å². The highest BCUT2D eigenvalue weighted by Gasteiger charge is 2.18. The molecule has 5 heteroatoms. The van der Waals surface area contributed by atoms with Crippen molar-refractivity contribution in [2.24, 2.45) is 5.73 Å². The molecule has 0 aliphatic rings. The SMILES string of the molecule is CCC=CCC=CCC=CCC=CCC=CCC=CCCC(=O)NC(CCCCN)C(=O)O. The second kappa shape index (κ2) is 24.0. The van der Waals surface area contributed by atoms with Crippen LogP contribution in [0.1, 0.15) is 77.6 Å². The van der Waals surface area contributed by atoms with E-state index in [2.05, 4.69) is 73.0 Å². The van der Waals surface area contributed by atoms with E-state index in [4.69, 9.17) is 5.73 Å². The number of hydrogen-bond donors (Lipinski definition) is 3. The Balaban J connectivity index is 3.79. The molecule has 0 saturated heterocycles. The largest absolute Gasteiger partial charge is 0.480 e. The van der Waals surface area contributed by atoms with Gasteiger partial charge in [-0.25, -0.2) is 4.79 Å². The van der Waals surface area contributed by atoms with E-state index in [0.717, 1.165) is 44.9 Å². The average Bonchev–Trinajstić information content (AvgIpc) is 2.80. The Kier molecular flexibility index (Phi) is 22.1. The third-order valence-electron chi connectivity index (χ3n) is 4.71. The Hall–Kier alpha value is -2.66. The number of amides is 1. The zero-order chi connectivity index (χ0) is 24.4. The molecule has 0 saturated carbocycles. The Bertz CT molecular complexity index is 673. The number of allylic oxidation sites excluding steroid dienone is 12. The van der Waals surface area contributed by atoms with E-state index in [9.17, 15) is 14.7 Å². The molecule has 0 aromatic heterocycles. The van der Waals surface area contributed by atoms with Crippen LogP contribution in [-0.4, -0.2) is 29.6 Å². The van der Waals surface area contributed by atoms with Crippen molar-refractivity contribution in [2.45, 2.75) is 83.6 Å². The second-order valence-corrected chi connectivity index (χ2v) is 7.70. The molecule has 0 fully saturated rings. The van der Waals surface area contributed by atoms with Crippen molar-refractivity contribution in [3.05, 3.63) is 72.9 Å². The molecule has 0 spiro atoms. The van der Waals surface area contributed by atoms with Gasteiger partial charge in [0.05, 0.1) is 0 Å². The van der Waals surface area contributed by atoms with Crippen LogP contribution in [0.2, 0.25) is 0 Å². The summed E-state index contributed by atoms with van der Waals surface area (Å²) < 4.78 is 0. The lowest BCUT2D eigenvalue weighted by Gasteiger charge is -2.13. The monoisotopic (exact) mass is 456 g/mol. The molecular weight excluding hydrogens is 412 g/mol. The number of carboxylic acid groups (broad SMARTS) is 1. The van der Waals surface area contributed by atoms with Crippen LogP contribution in [0.3, 0.4) is 0 Å². The molecule has 184 valence electrons. The van der Waals surface area contributed by atoms with Gasteiger partial charge in [-0.05, 0) is 70.8 Å². The number of carboxylic acids is 1. The van der Waals surface area contributed by atoms with E-state index in [1.54, 1.807) is 0 Å². The normalized spacial score (nSPS) is 13.5. The maximum absolute atomic E-state index is 11.9. The molecule has 1 unspecified atom stereocenters. The van der Waals surface area contributed by atoms with Gasteiger partial charge in [0.25, 0.3) is 0 Å². The van der Waals surface area contributed by atoms with Gasteiger partial charge in [-0.15, -0.1) is 0 Å². The van der Waals surface area contributed by atoms with Crippen LogP contribution in [0.25, 0.3) is 0 Å². The molecule has 0 aromatic carbocycles. The minimum Gasteiger partial charge on any atom is -0.480 e. The maximum Gasteiger partial charge on any atom is 0.326 e. The maximum atomic E-state index is 11.9. The van der Waals surface area contributed by atoms with E-state index in [1.807, 2.05) is 12.2 Å². The lowest BCUT2D eigenvalue weighted by Crippen LogP contribution is -2.40. The van der Waals surface area contributed by atoms with Crippen LogP contribution in [-0.2, 0) is 9.59 Å². The van der Waals surface area contributed by atoms with Crippen LogP contribution in [0.15, 0.2) is 72.9 Å². The van der Waals surface area contributed by atoms with Crippen LogP contribution in [0.5, 0.6) is 0 Å². The highest BCUT2D eigenvalue weighted by molar-refractivity contribution is 5.83. The van der Waals surface area contributed by atoms with E-state index >= 15 is 0 Å². The molecule has 0 aliphatic carbocycles. The highest BCUT2D eigenvalue weighted by Crippen LogP contribution is 2.03. The minimum absolute atomic E-state index is 0.227. The van der Waals surface area contributed by atoms with Crippen LogP contribution >= 0.6 is 0 Å². The number of carbonyl (C=O) groups is 2. The molecule has 0 aromatic rings. The first kappa shape index (κ1) is 30.3. The predicted octanol–water partition coefficient (Wildman–Crippen LogP) is 6.16. The number of hydrogen-bond acceptors (Lipinski definition) is 3. The summed E-state index contributed by atoms with van der Waals surface area (Å²) in [7, 11) is 0. The van der Waals surface area contributed by atoms with Gasteiger partial charge in [0, 0.05) is 6.42 Å². The topological polar surface area (TPSA) is 92.4 Å². The van der Waals surface area contributed by atoms with E-state index in [1.165, 1.54) is 0 Å². The summed E-state index contributed by atoms with van der Waals surface area (Å²) in [5, 5.41) is 11.8. The Morgan fingerprint density at radius 3 is 1.64 bits per heavy atom. The van der Waals surface area contributed by atoms with Crippen molar-refractivity contribution in [3.63, 3.8) is 0 Å². The number of aliphatic carboxylic acids is 1. The van der Waals surface area contributed by atoms with Crippen molar-refractivity contribution < 1.29 is 14.7 Å². The summed E-state index contributed by atoms with van der Waals surface area (Å²) in [4.78, 5) is 23.1. The van der Waals surface area contributed by atoms with Crippen molar-refractivity contribution in [2.75, 3.05) is 6.54 Å². The Morgan fingerprint density at radius 2 is 1.21 bits per heavy atom. The van der Waals surface area contributed by atoms with Gasteiger partial charge in [0.2, 0.25) is 5.91 Å². The molecule has 0 aliphatic heterocycles. The van der Waals surface area contributed by atoms with Gasteiger partial charge in [0.1, 0.15) is 6.04 Å². The minimum atomic E-state index is -0.991. The molecule has 5 nitrogen and oxygen atoms in total. The van der Waals surface area contributed by atoms with E-state index in [0.29, 0.717) is 32.2 Å². The van der Waals surface area contributed by atoms with Gasteiger partial charge >= 0.3 is 5.97 Å². The fourth-order valence-corrected chi connectivity index (χ4v) is 2.87. The molecule has 1 atom stereocenters. The lowest BCUT2D eigenvalue weighted by atomic mass is 10.1.